The molecule has 0 bridgehead atoms. The molecule has 0 saturated carbocycles. The van der Waals surface area contributed by atoms with Gasteiger partial charge in [0.05, 0.1) is 11.6 Å². The van der Waals surface area contributed by atoms with E-state index in [1.54, 1.807) is 12.1 Å². The first kappa shape index (κ1) is 16.2. The zero-order valence-electron chi connectivity index (χ0n) is 12.4. The zero-order valence-corrected chi connectivity index (χ0v) is 13.2. The van der Waals surface area contributed by atoms with Crippen LogP contribution in [0.5, 0.6) is 5.75 Å². The van der Waals surface area contributed by atoms with Crippen molar-refractivity contribution in [2.24, 2.45) is 0 Å². The molecule has 2 aromatic carbocycles. The lowest BCUT2D eigenvalue weighted by atomic mass is 10.1. The van der Waals surface area contributed by atoms with Crippen molar-refractivity contribution >= 4 is 17.6 Å². The van der Waals surface area contributed by atoms with E-state index < -0.39 is 0 Å². The average molecular weight is 319 g/mol. The number of hydrogen-bond acceptors (Lipinski definition) is 2. The van der Waals surface area contributed by atoms with E-state index in [2.05, 4.69) is 10.6 Å². The van der Waals surface area contributed by atoms with Gasteiger partial charge in [-0.25, -0.2) is 4.79 Å². The molecular formula is C17H19ClN2O2. The number of carbonyl (C=O) groups is 1. The standard InChI is InChI=1S/C17H19ClN2O2/c1-13-5-4-6-14(11-13)12-20-17(21)19-9-10-22-16-8-3-2-7-15(16)18/h2-8,11H,9-10,12H2,1H3,(H2,19,20,21). The highest BCUT2D eigenvalue weighted by molar-refractivity contribution is 6.32. The third-order valence-electron chi connectivity index (χ3n) is 3.02. The summed E-state index contributed by atoms with van der Waals surface area (Å²) in [6.07, 6.45) is 0. The summed E-state index contributed by atoms with van der Waals surface area (Å²) in [5, 5.41) is 6.11. The molecule has 4 nitrogen and oxygen atoms in total. The van der Waals surface area contributed by atoms with E-state index in [0.29, 0.717) is 30.5 Å². The van der Waals surface area contributed by atoms with Crippen LogP contribution in [0.25, 0.3) is 0 Å². The van der Waals surface area contributed by atoms with Crippen LogP contribution in [0.3, 0.4) is 0 Å². The van der Waals surface area contributed by atoms with Crippen LogP contribution in [-0.2, 0) is 6.54 Å². The Morgan fingerprint density at radius 1 is 1.14 bits per heavy atom. The molecule has 0 unspecified atom stereocenters. The molecule has 2 aromatic rings. The molecule has 0 aliphatic carbocycles. The number of rotatable bonds is 6. The van der Waals surface area contributed by atoms with Crippen LogP contribution in [0.2, 0.25) is 5.02 Å². The van der Waals surface area contributed by atoms with Gasteiger partial charge in [-0.1, -0.05) is 53.6 Å². The van der Waals surface area contributed by atoms with Gasteiger partial charge in [-0.3, -0.25) is 0 Å². The molecule has 5 heteroatoms. The van der Waals surface area contributed by atoms with Gasteiger partial charge >= 0.3 is 6.03 Å². The third-order valence-corrected chi connectivity index (χ3v) is 3.33. The fourth-order valence-corrected chi connectivity index (χ4v) is 2.14. The van der Waals surface area contributed by atoms with Crippen molar-refractivity contribution in [1.29, 1.82) is 0 Å². The predicted molar refractivity (Wildman–Crippen MR) is 88.4 cm³/mol. The molecule has 0 fully saturated rings. The van der Waals surface area contributed by atoms with E-state index in [9.17, 15) is 4.79 Å². The second-order valence-electron chi connectivity index (χ2n) is 4.88. The average Bonchev–Trinajstić information content (AvgIpc) is 2.51. The molecular weight excluding hydrogens is 300 g/mol. The molecule has 0 spiro atoms. The molecule has 2 amide bonds. The Labute approximate surface area is 135 Å². The highest BCUT2D eigenvalue weighted by atomic mass is 35.5. The fraction of sp³-hybridized carbons (Fsp3) is 0.235. The lowest BCUT2D eigenvalue weighted by molar-refractivity contribution is 0.236. The second-order valence-corrected chi connectivity index (χ2v) is 5.28. The van der Waals surface area contributed by atoms with Gasteiger partial charge in [0.25, 0.3) is 0 Å². The SMILES string of the molecule is Cc1cccc(CNC(=O)NCCOc2ccccc2Cl)c1. The van der Waals surface area contributed by atoms with Gasteiger partial charge in [-0.2, -0.15) is 0 Å². The Kier molecular flexibility index (Phi) is 6.10. The number of urea groups is 1. The molecule has 0 aromatic heterocycles. The first-order valence-corrected chi connectivity index (χ1v) is 7.47. The highest BCUT2D eigenvalue weighted by Gasteiger charge is 2.02. The molecule has 2 N–H and O–H groups in total. The number of carbonyl (C=O) groups excluding carboxylic acids is 1. The van der Waals surface area contributed by atoms with Crippen LogP contribution >= 0.6 is 11.6 Å². The maximum atomic E-state index is 11.7. The van der Waals surface area contributed by atoms with E-state index >= 15 is 0 Å². The monoisotopic (exact) mass is 318 g/mol. The smallest absolute Gasteiger partial charge is 0.315 e. The summed E-state index contributed by atoms with van der Waals surface area (Å²) in [6, 6.07) is 15.0. The van der Waals surface area contributed by atoms with Crippen molar-refractivity contribution in [1.82, 2.24) is 10.6 Å². The van der Waals surface area contributed by atoms with Crippen molar-refractivity contribution in [2.75, 3.05) is 13.2 Å². The summed E-state index contributed by atoms with van der Waals surface area (Å²) in [7, 11) is 0. The Bertz CT molecular complexity index is 632. The Hall–Kier alpha value is -2.20. The predicted octanol–water partition coefficient (Wildman–Crippen LogP) is 3.53. The van der Waals surface area contributed by atoms with Gasteiger partial charge < -0.3 is 15.4 Å². The van der Waals surface area contributed by atoms with Crippen molar-refractivity contribution in [3.63, 3.8) is 0 Å². The topological polar surface area (TPSA) is 50.4 Å². The van der Waals surface area contributed by atoms with Crippen LogP contribution < -0.4 is 15.4 Å². The van der Waals surface area contributed by atoms with Gasteiger partial charge in [0, 0.05) is 6.54 Å². The molecule has 0 radical (unpaired) electrons. The number of aryl methyl sites for hydroxylation is 1. The summed E-state index contributed by atoms with van der Waals surface area (Å²) in [4.78, 5) is 11.7. The van der Waals surface area contributed by atoms with Crippen molar-refractivity contribution in [3.05, 3.63) is 64.7 Å². The largest absolute Gasteiger partial charge is 0.490 e. The lowest BCUT2D eigenvalue weighted by Gasteiger charge is -2.10. The molecule has 0 aliphatic heterocycles. The number of benzene rings is 2. The van der Waals surface area contributed by atoms with Gasteiger partial charge in [-0.15, -0.1) is 0 Å². The van der Waals surface area contributed by atoms with Crippen LogP contribution in [0.4, 0.5) is 4.79 Å². The van der Waals surface area contributed by atoms with Gasteiger partial charge in [0.1, 0.15) is 12.4 Å². The van der Waals surface area contributed by atoms with Crippen LogP contribution in [0.15, 0.2) is 48.5 Å². The quantitative estimate of drug-likeness (QED) is 0.801. The molecule has 2 rings (SSSR count). The summed E-state index contributed by atoms with van der Waals surface area (Å²) in [6.45, 7) is 3.29. The molecule has 116 valence electrons. The first-order valence-electron chi connectivity index (χ1n) is 7.10. The number of halogens is 1. The highest BCUT2D eigenvalue weighted by Crippen LogP contribution is 2.22. The van der Waals surface area contributed by atoms with Crippen LogP contribution in [0.1, 0.15) is 11.1 Å². The molecule has 0 aliphatic rings. The molecule has 22 heavy (non-hydrogen) atoms. The van der Waals surface area contributed by atoms with E-state index in [1.807, 2.05) is 43.3 Å². The minimum Gasteiger partial charge on any atom is -0.490 e. The molecule has 0 saturated heterocycles. The number of ether oxygens (including phenoxy) is 1. The van der Waals surface area contributed by atoms with Crippen molar-refractivity contribution in [3.8, 4) is 5.75 Å². The first-order chi connectivity index (χ1) is 10.6. The van der Waals surface area contributed by atoms with Crippen LogP contribution in [-0.4, -0.2) is 19.2 Å². The normalized spacial score (nSPS) is 10.1. The Morgan fingerprint density at radius 3 is 2.73 bits per heavy atom. The number of hydrogen-bond donors (Lipinski definition) is 2. The van der Waals surface area contributed by atoms with E-state index in [-0.39, 0.29) is 6.03 Å². The Balaban J connectivity index is 1.65. The van der Waals surface area contributed by atoms with Crippen LogP contribution in [0, 0.1) is 6.92 Å². The zero-order chi connectivity index (χ0) is 15.8. The summed E-state index contributed by atoms with van der Waals surface area (Å²) >= 11 is 5.97. The number of nitrogens with one attached hydrogen (secondary N) is 2. The maximum Gasteiger partial charge on any atom is 0.315 e. The van der Waals surface area contributed by atoms with E-state index in [0.717, 1.165) is 5.56 Å². The van der Waals surface area contributed by atoms with Gasteiger partial charge in [0.2, 0.25) is 0 Å². The Morgan fingerprint density at radius 2 is 1.95 bits per heavy atom. The number of para-hydroxylation sites is 1. The minimum absolute atomic E-state index is 0.218. The van der Waals surface area contributed by atoms with E-state index in [1.165, 1.54) is 5.56 Å². The second kappa shape index (κ2) is 8.29. The summed E-state index contributed by atoms with van der Waals surface area (Å²) < 4.78 is 5.49. The summed E-state index contributed by atoms with van der Waals surface area (Å²) in [5.41, 5.74) is 2.25. The van der Waals surface area contributed by atoms with Gasteiger partial charge in [-0.05, 0) is 24.6 Å². The number of amides is 2. The fourth-order valence-electron chi connectivity index (χ4n) is 1.95. The molecule has 0 atom stereocenters. The minimum atomic E-state index is -0.218. The summed E-state index contributed by atoms with van der Waals surface area (Å²) in [5.74, 6) is 0.617. The van der Waals surface area contributed by atoms with Crippen molar-refractivity contribution in [2.45, 2.75) is 13.5 Å². The third kappa shape index (κ3) is 5.30. The maximum absolute atomic E-state index is 11.7. The van der Waals surface area contributed by atoms with E-state index in [4.69, 9.17) is 16.3 Å². The van der Waals surface area contributed by atoms with Gasteiger partial charge in [0.15, 0.2) is 0 Å². The molecule has 0 heterocycles. The lowest BCUT2D eigenvalue weighted by Crippen LogP contribution is -2.37. The van der Waals surface area contributed by atoms with Crippen molar-refractivity contribution < 1.29 is 9.53 Å².